The summed E-state index contributed by atoms with van der Waals surface area (Å²) >= 11 is 0. The fraction of sp³-hybridized carbons (Fsp3) is 0.500. The maximum absolute atomic E-state index is 12.5. The first kappa shape index (κ1) is 17.7. The number of halogens is 1. The van der Waals surface area contributed by atoms with Gasteiger partial charge < -0.3 is 14.6 Å². The third kappa shape index (κ3) is 3.65. The van der Waals surface area contributed by atoms with Gasteiger partial charge in [0.15, 0.2) is 0 Å². The molecule has 1 saturated heterocycles. The molecule has 2 N–H and O–H groups in total. The molecule has 1 aromatic carbocycles. The summed E-state index contributed by atoms with van der Waals surface area (Å²) in [7, 11) is 0. The first-order valence-electron chi connectivity index (χ1n) is 7.82. The van der Waals surface area contributed by atoms with Gasteiger partial charge in [0.2, 0.25) is 11.9 Å². The molecule has 7 heteroatoms. The number of nitrogens with zero attached hydrogens (tertiary/aromatic N) is 2. The fourth-order valence-corrected chi connectivity index (χ4v) is 2.84. The molecule has 0 saturated carbocycles. The summed E-state index contributed by atoms with van der Waals surface area (Å²) in [6.45, 7) is 6.16. The molecule has 2 atom stereocenters. The molecule has 3 rings (SSSR count). The van der Waals surface area contributed by atoms with Gasteiger partial charge in [-0.2, -0.15) is 0 Å². The van der Waals surface area contributed by atoms with Crippen LogP contribution in [0.25, 0.3) is 11.0 Å². The Bertz CT molecular complexity index is 673. The number of morpholine rings is 1. The number of hydrogen-bond donors (Lipinski definition) is 2. The summed E-state index contributed by atoms with van der Waals surface area (Å²) in [6, 6.07) is 7.58. The van der Waals surface area contributed by atoms with Gasteiger partial charge in [-0.25, -0.2) is 4.98 Å². The quantitative estimate of drug-likeness (QED) is 0.896. The lowest BCUT2D eigenvalue weighted by Gasteiger charge is -2.29. The number of aromatic nitrogens is 2. The number of imidazole rings is 1. The molecule has 6 nitrogen and oxygen atoms in total. The van der Waals surface area contributed by atoms with E-state index < -0.39 is 0 Å². The van der Waals surface area contributed by atoms with E-state index in [1.807, 2.05) is 31.2 Å². The minimum Gasteiger partial charge on any atom is -0.375 e. The van der Waals surface area contributed by atoms with Crippen molar-refractivity contribution in [2.45, 2.75) is 39.0 Å². The number of para-hydroxylation sites is 2. The van der Waals surface area contributed by atoms with E-state index in [1.54, 1.807) is 0 Å². The maximum atomic E-state index is 12.5. The SMILES string of the molecule is CCCn1c(NC(=O)[C@H]2NCCO[C@@H]2C)nc2ccccc21.Cl. The van der Waals surface area contributed by atoms with E-state index in [0.717, 1.165) is 24.0 Å². The third-order valence-electron chi connectivity index (χ3n) is 3.94. The molecular formula is C16H23ClN4O2. The maximum Gasteiger partial charge on any atom is 0.246 e. The number of rotatable bonds is 4. The summed E-state index contributed by atoms with van der Waals surface area (Å²) in [5, 5.41) is 6.16. The molecule has 2 aromatic rings. The monoisotopic (exact) mass is 338 g/mol. The van der Waals surface area contributed by atoms with Crippen LogP contribution in [0.3, 0.4) is 0 Å². The lowest BCUT2D eigenvalue weighted by Crippen LogP contribution is -2.53. The number of hydrogen-bond acceptors (Lipinski definition) is 4. The van der Waals surface area contributed by atoms with Crippen molar-refractivity contribution >= 4 is 35.3 Å². The highest BCUT2D eigenvalue weighted by atomic mass is 35.5. The zero-order chi connectivity index (χ0) is 15.5. The lowest BCUT2D eigenvalue weighted by molar-refractivity contribution is -0.123. The first-order valence-corrected chi connectivity index (χ1v) is 7.82. The van der Waals surface area contributed by atoms with Crippen LogP contribution in [0.2, 0.25) is 0 Å². The zero-order valence-electron chi connectivity index (χ0n) is 13.4. The van der Waals surface area contributed by atoms with Gasteiger partial charge in [0, 0.05) is 13.1 Å². The number of amides is 1. The Balaban J connectivity index is 0.00000192. The van der Waals surface area contributed by atoms with E-state index >= 15 is 0 Å². The van der Waals surface area contributed by atoms with Gasteiger partial charge in [-0.1, -0.05) is 19.1 Å². The molecule has 2 heterocycles. The van der Waals surface area contributed by atoms with Crippen molar-refractivity contribution in [2.24, 2.45) is 0 Å². The van der Waals surface area contributed by atoms with E-state index in [2.05, 4.69) is 27.1 Å². The van der Waals surface area contributed by atoms with Crippen LogP contribution in [-0.2, 0) is 16.1 Å². The van der Waals surface area contributed by atoms with Gasteiger partial charge in [0.1, 0.15) is 6.04 Å². The Kier molecular flexibility index (Phi) is 5.98. The second kappa shape index (κ2) is 7.77. The van der Waals surface area contributed by atoms with Gasteiger partial charge in [0.25, 0.3) is 0 Å². The molecule has 1 fully saturated rings. The van der Waals surface area contributed by atoms with Crippen LogP contribution < -0.4 is 10.6 Å². The van der Waals surface area contributed by atoms with Crippen LogP contribution in [0.1, 0.15) is 20.3 Å². The number of aryl methyl sites for hydroxylation is 1. The Hall–Kier alpha value is -1.63. The van der Waals surface area contributed by atoms with Gasteiger partial charge in [-0.05, 0) is 25.5 Å². The zero-order valence-corrected chi connectivity index (χ0v) is 14.2. The number of anilines is 1. The summed E-state index contributed by atoms with van der Waals surface area (Å²) in [4.78, 5) is 17.1. The van der Waals surface area contributed by atoms with Gasteiger partial charge >= 0.3 is 0 Å². The fourth-order valence-electron chi connectivity index (χ4n) is 2.84. The van der Waals surface area contributed by atoms with Crippen molar-refractivity contribution in [3.05, 3.63) is 24.3 Å². The molecule has 1 aliphatic rings. The second-order valence-corrected chi connectivity index (χ2v) is 5.57. The van der Waals surface area contributed by atoms with Crippen molar-refractivity contribution in [1.29, 1.82) is 0 Å². The molecule has 0 aliphatic carbocycles. The summed E-state index contributed by atoms with van der Waals surface area (Å²) in [6.07, 6.45) is 0.836. The summed E-state index contributed by atoms with van der Waals surface area (Å²) in [5.74, 6) is 0.507. The van der Waals surface area contributed by atoms with E-state index in [1.165, 1.54) is 0 Å². The minimum absolute atomic E-state index is 0. The van der Waals surface area contributed by atoms with Crippen molar-refractivity contribution < 1.29 is 9.53 Å². The smallest absolute Gasteiger partial charge is 0.246 e. The average Bonchev–Trinajstić information content (AvgIpc) is 2.86. The van der Waals surface area contributed by atoms with Gasteiger partial charge in [-0.15, -0.1) is 12.4 Å². The number of fused-ring (bicyclic) bond motifs is 1. The highest BCUT2D eigenvalue weighted by molar-refractivity contribution is 5.95. The van der Waals surface area contributed by atoms with Gasteiger partial charge in [-0.3, -0.25) is 10.1 Å². The van der Waals surface area contributed by atoms with E-state index in [0.29, 0.717) is 19.1 Å². The second-order valence-electron chi connectivity index (χ2n) is 5.57. The average molecular weight is 339 g/mol. The van der Waals surface area contributed by atoms with Crippen molar-refractivity contribution in [2.75, 3.05) is 18.5 Å². The van der Waals surface area contributed by atoms with Crippen LogP contribution in [0.5, 0.6) is 0 Å². The number of carbonyl (C=O) groups is 1. The molecule has 126 valence electrons. The minimum atomic E-state index is -0.344. The predicted molar refractivity (Wildman–Crippen MR) is 93.1 cm³/mol. The normalized spacial score (nSPS) is 21.0. The van der Waals surface area contributed by atoms with Crippen LogP contribution in [0.4, 0.5) is 5.95 Å². The number of ether oxygens (including phenoxy) is 1. The highest BCUT2D eigenvalue weighted by Gasteiger charge is 2.29. The molecule has 0 unspecified atom stereocenters. The van der Waals surface area contributed by atoms with E-state index in [-0.39, 0.29) is 30.5 Å². The first-order chi connectivity index (χ1) is 10.7. The Morgan fingerprint density at radius 1 is 1.48 bits per heavy atom. The predicted octanol–water partition coefficient (Wildman–Crippen LogP) is 2.18. The highest BCUT2D eigenvalue weighted by Crippen LogP contribution is 2.20. The van der Waals surface area contributed by atoms with Crippen molar-refractivity contribution in [3.8, 4) is 0 Å². The third-order valence-corrected chi connectivity index (χ3v) is 3.94. The Morgan fingerprint density at radius 3 is 3.00 bits per heavy atom. The van der Waals surface area contributed by atoms with Gasteiger partial charge in [0.05, 0.1) is 23.7 Å². The molecule has 0 bridgehead atoms. The molecule has 1 amide bonds. The Morgan fingerprint density at radius 2 is 2.26 bits per heavy atom. The van der Waals surface area contributed by atoms with Crippen LogP contribution in [-0.4, -0.2) is 40.8 Å². The number of carbonyl (C=O) groups excluding carboxylic acids is 1. The van der Waals surface area contributed by atoms with Crippen molar-refractivity contribution in [1.82, 2.24) is 14.9 Å². The molecule has 23 heavy (non-hydrogen) atoms. The molecule has 1 aromatic heterocycles. The lowest BCUT2D eigenvalue weighted by atomic mass is 10.1. The van der Waals surface area contributed by atoms with E-state index in [9.17, 15) is 4.79 Å². The van der Waals surface area contributed by atoms with Crippen molar-refractivity contribution in [3.63, 3.8) is 0 Å². The van der Waals surface area contributed by atoms with Crippen LogP contribution in [0, 0.1) is 0 Å². The number of benzene rings is 1. The standard InChI is InChI=1S/C16H22N4O2.ClH/c1-3-9-20-13-7-5-4-6-12(13)18-16(20)19-15(21)14-11(2)22-10-8-17-14;/h4-7,11,14,17H,3,8-10H2,1-2H3,(H,18,19,21);1H/t11-,14+;/m1./s1. The Labute approximate surface area is 142 Å². The summed E-state index contributed by atoms with van der Waals surface area (Å²) in [5.41, 5.74) is 1.94. The van der Waals surface area contributed by atoms with Crippen LogP contribution >= 0.6 is 12.4 Å². The molecule has 1 aliphatic heterocycles. The molecule has 0 radical (unpaired) electrons. The number of nitrogens with one attached hydrogen (secondary N) is 2. The molecular weight excluding hydrogens is 316 g/mol. The van der Waals surface area contributed by atoms with Crippen LogP contribution in [0.15, 0.2) is 24.3 Å². The topological polar surface area (TPSA) is 68.2 Å². The largest absolute Gasteiger partial charge is 0.375 e. The molecule has 0 spiro atoms. The van der Waals surface area contributed by atoms with E-state index in [4.69, 9.17) is 4.74 Å². The summed E-state index contributed by atoms with van der Waals surface area (Å²) < 4.78 is 7.59.